The number of carbonyl (C=O) groups excluding carboxylic acids is 1. The number of carbonyl (C=O) groups is 1. The largest absolute Gasteiger partial charge is 0.272 e. The standard InChI is InChI=1S/C26H22BrN3O3S/c27-23-15-13-20(14-16-23)18-30(34(32,33)24-10-2-1-3-11-24)19-26(31)29-28-17-22-9-6-8-21-7-4-5-12-25(21)22/h1-17H,18-19H2,(H,29,31)/b28-17-. The maximum Gasteiger partial charge on any atom is 0.255 e. The SMILES string of the molecule is O=C(CN(Cc1ccc(Br)cc1)S(=O)(=O)c1ccccc1)N/N=C\c1cccc2ccccc12. The lowest BCUT2D eigenvalue weighted by Crippen LogP contribution is -2.39. The summed E-state index contributed by atoms with van der Waals surface area (Å²) in [4.78, 5) is 12.8. The fourth-order valence-corrected chi connectivity index (χ4v) is 5.16. The van der Waals surface area contributed by atoms with E-state index in [-0.39, 0.29) is 18.0 Å². The minimum atomic E-state index is -3.90. The number of fused-ring (bicyclic) bond motifs is 1. The number of rotatable bonds is 8. The Kier molecular flexibility index (Phi) is 7.52. The molecule has 172 valence electrons. The summed E-state index contributed by atoms with van der Waals surface area (Å²) in [5.41, 5.74) is 4.07. The van der Waals surface area contributed by atoms with Crippen LogP contribution in [0.2, 0.25) is 0 Å². The molecule has 0 fully saturated rings. The highest BCUT2D eigenvalue weighted by Gasteiger charge is 2.26. The molecule has 0 spiro atoms. The van der Waals surface area contributed by atoms with Gasteiger partial charge in [0.1, 0.15) is 0 Å². The van der Waals surface area contributed by atoms with E-state index in [9.17, 15) is 13.2 Å². The van der Waals surface area contributed by atoms with Crippen LogP contribution in [0.3, 0.4) is 0 Å². The molecule has 0 atom stereocenters. The van der Waals surface area contributed by atoms with Crippen LogP contribution >= 0.6 is 15.9 Å². The lowest BCUT2D eigenvalue weighted by atomic mass is 10.1. The summed E-state index contributed by atoms with van der Waals surface area (Å²) in [5, 5.41) is 6.13. The minimum Gasteiger partial charge on any atom is -0.272 e. The first kappa shape index (κ1) is 23.8. The number of nitrogens with zero attached hydrogens (tertiary/aromatic N) is 2. The number of benzene rings is 4. The number of sulfonamides is 1. The molecule has 0 unspecified atom stereocenters. The predicted molar refractivity (Wildman–Crippen MR) is 138 cm³/mol. The van der Waals surface area contributed by atoms with Gasteiger partial charge < -0.3 is 0 Å². The van der Waals surface area contributed by atoms with Gasteiger partial charge in [0, 0.05) is 16.6 Å². The molecular weight excluding hydrogens is 514 g/mol. The van der Waals surface area contributed by atoms with Gasteiger partial charge in [-0.15, -0.1) is 0 Å². The monoisotopic (exact) mass is 535 g/mol. The zero-order valence-electron chi connectivity index (χ0n) is 18.1. The number of hydrogen-bond acceptors (Lipinski definition) is 4. The molecule has 4 aromatic carbocycles. The molecule has 0 bridgehead atoms. The Hall–Kier alpha value is -3.33. The van der Waals surface area contributed by atoms with Crippen molar-refractivity contribution in [2.45, 2.75) is 11.4 Å². The molecule has 0 heterocycles. The lowest BCUT2D eigenvalue weighted by Gasteiger charge is -2.21. The summed E-state index contributed by atoms with van der Waals surface area (Å²) in [7, 11) is -3.90. The first-order valence-electron chi connectivity index (χ1n) is 10.5. The fraction of sp³-hybridized carbons (Fsp3) is 0.0769. The van der Waals surface area contributed by atoms with Crippen molar-refractivity contribution in [3.63, 3.8) is 0 Å². The van der Waals surface area contributed by atoms with Crippen molar-refractivity contribution < 1.29 is 13.2 Å². The predicted octanol–water partition coefficient (Wildman–Crippen LogP) is 4.94. The molecule has 0 radical (unpaired) electrons. The van der Waals surface area contributed by atoms with E-state index in [1.807, 2.05) is 66.7 Å². The van der Waals surface area contributed by atoms with E-state index in [0.29, 0.717) is 0 Å². The van der Waals surface area contributed by atoms with Crippen molar-refractivity contribution in [3.05, 3.63) is 113 Å². The van der Waals surface area contributed by atoms with Crippen LogP contribution in [0.15, 0.2) is 112 Å². The molecule has 0 aliphatic carbocycles. The summed E-state index contributed by atoms with van der Waals surface area (Å²) >= 11 is 3.38. The number of amides is 1. The smallest absolute Gasteiger partial charge is 0.255 e. The highest BCUT2D eigenvalue weighted by molar-refractivity contribution is 9.10. The highest BCUT2D eigenvalue weighted by Crippen LogP contribution is 2.20. The van der Waals surface area contributed by atoms with Crippen LogP contribution < -0.4 is 5.43 Å². The van der Waals surface area contributed by atoms with E-state index >= 15 is 0 Å². The van der Waals surface area contributed by atoms with Crippen molar-refractivity contribution in [2.75, 3.05) is 6.54 Å². The summed E-state index contributed by atoms with van der Waals surface area (Å²) in [6, 6.07) is 29.0. The third kappa shape index (κ3) is 5.77. The summed E-state index contributed by atoms with van der Waals surface area (Å²) in [6.45, 7) is -0.328. The van der Waals surface area contributed by atoms with Gasteiger partial charge in [-0.25, -0.2) is 13.8 Å². The van der Waals surface area contributed by atoms with E-state index in [4.69, 9.17) is 0 Å². The molecule has 0 aromatic heterocycles. The molecule has 8 heteroatoms. The van der Waals surface area contributed by atoms with Crippen molar-refractivity contribution in [1.29, 1.82) is 0 Å². The Labute approximate surface area is 207 Å². The first-order chi connectivity index (χ1) is 16.4. The summed E-state index contributed by atoms with van der Waals surface area (Å²) in [6.07, 6.45) is 1.56. The number of halogens is 1. The number of nitrogens with one attached hydrogen (secondary N) is 1. The average Bonchev–Trinajstić information content (AvgIpc) is 2.85. The third-order valence-electron chi connectivity index (χ3n) is 5.19. The second-order valence-electron chi connectivity index (χ2n) is 7.57. The molecule has 4 aromatic rings. The molecule has 1 N–H and O–H groups in total. The molecular formula is C26H22BrN3O3S. The maximum absolute atomic E-state index is 13.3. The molecule has 0 aliphatic heterocycles. The summed E-state index contributed by atoms with van der Waals surface area (Å²) < 4.78 is 28.6. The van der Waals surface area contributed by atoms with E-state index in [1.165, 1.54) is 12.1 Å². The minimum absolute atomic E-state index is 0.0466. The quantitative estimate of drug-likeness (QED) is 0.256. The van der Waals surface area contributed by atoms with Gasteiger partial charge in [-0.05, 0) is 40.6 Å². The normalized spacial score (nSPS) is 11.8. The Morgan fingerprint density at radius 2 is 1.56 bits per heavy atom. The van der Waals surface area contributed by atoms with Gasteiger partial charge in [0.05, 0.1) is 17.7 Å². The van der Waals surface area contributed by atoms with Crippen LogP contribution in [0.25, 0.3) is 10.8 Å². The van der Waals surface area contributed by atoms with Crippen LogP contribution in [-0.2, 0) is 21.4 Å². The summed E-state index contributed by atoms with van der Waals surface area (Å²) in [5.74, 6) is -0.534. The van der Waals surface area contributed by atoms with Crippen molar-refractivity contribution in [3.8, 4) is 0 Å². The second kappa shape index (κ2) is 10.7. The van der Waals surface area contributed by atoms with Gasteiger partial charge in [0.15, 0.2) is 0 Å². The van der Waals surface area contributed by atoms with Gasteiger partial charge in [-0.1, -0.05) is 88.7 Å². The van der Waals surface area contributed by atoms with E-state index in [1.54, 1.807) is 24.4 Å². The van der Waals surface area contributed by atoms with Gasteiger partial charge in [0.2, 0.25) is 10.0 Å². The maximum atomic E-state index is 13.3. The lowest BCUT2D eigenvalue weighted by molar-refractivity contribution is -0.121. The van der Waals surface area contributed by atoms with Crippen molar-refractivity contribution >= 4 is 48.8 Å². The van der Waals surface area contributed by atoms with Crippen molar-refractivity contribution in [1.82, 2.24) is 9.73 Å². The van der Waals surface area contributed by atoms with Crippen LogP contribution in [-0.4, -0.2) is 31.4 Å². The van der Waals surface area contributed by atoms with Gasteiger partial charge >= 0.3 is 0 Å². The molecule has 0 saturated heterocycles. The highest BCUT2D eigenvalue weighted by atomic mass is 79.9. The van der Waals surface area contributed by atoms with Crippen LogP contribution in [0.5, 0.6) is 0 Å². The van der Waals surface area contributed by atoms with E-state index in [0.717, 1.165) is 30.7 Å². The third-order valence-corrected chi connectivity index (χ3v) is 7.52. The molecule has 0 saturated carbocycles. The topological polar surface area (TPSA) is 78.8 Å². The Morgan fingerprint density at radius 1 is 0.882 bits per heavy atom. The van der Waals surface area contributed by atoms with Gasteiger partial charge in [-0.2, -0.15) is 9.41 Å². The van der Waals surface area contributed by atoms with E-state index in [2.05, 4.69) is 26.5 Å². The molecule has 6 nitrogen and oxygen atoms in total. The van der Waals surface area contributed by atoms with Crippen LogP contribution in [0.1, 0.15) is 11.1 Å². The second-order valence-corrected chi connectivity index (χ2v) is 10.4. The molecule has 1 amide bonds. The Morgan fingerprint density at radius 3 is 2.32 bits per heavy atom. The zero-order chi connectivity index (χ0) is 24.0. The Balaban J connectivity index is 1.52. The van der Waals surface area contributed by atoms with Crippen LogP contribution in [0, 0.1) is 0 Å². The van der Waals surface area contributed by atoms with Crippen LogP contribution in [0.4, 0.5) is 0 Å². The molecule has 34 heavy (non-hydrogen) atoms. The number of hydrazone groups is 1. The molecule has 4 rings (SSSR count). The number of hydrogen-bond donors (Lipinski definition) is 1. The van der Waals surface area contributed by atoms with Gasteiger partial charge in [0.25, 0.3) is 5.91 Å². The average molecular weight is 536 g/mol. The van der Waals surface area contributed by atoms with E-state index < -0.39 is 15.9 Å². The zero-order valence-corrected chi connectivity index (χ0v) is 20.5. The Bertz CT molecular complexity index is 1420. The van der Waals surface area contributed by atoms with Gasteiger partial charge in [-0.3, -0.25) is 4.79 Å². The molecule has 0 aliphatic rings. The first-order valence-corrected chi connectivity index (χ1v) is 12.8. The fourth-order valence-electron chi connectivity index (χ4n) is 3.49. The van der Waals surface area contributed by atoms with Crippen molar-refractivity contribution in [2.24, 2.45) is 5.10 Å².